The first-order chi connectivity index (χ1) is 30.0. The number of benzene rings is 4. The third kappa shape index (κ3) is 14.7. The maximum Gasteiger partial charge on any atom is 0.415 e. The predicted octanol–water partition coefficient (Wildman–Crippen LogP) is 3.55. The first-order valence-electron chi connectivity index (χ1n) is 20.2. The van der Waals surface area contributed by atoms with Gasteiger partial charge in [0, 0.05) is 36.2 Å². The van der Waals surface area contributed by atoms with Crippen LogP contribution in [-0.4, -0.2) is 92.3 Å². The molecular formula is C45H52Cl2F4N6O8. The van der Waals surface area contributed by atoms with Crippen LogP contribution in [0.4, 0.5) is 43.3 Å². The Morgan fingerprint density at radius 3 is 1.57 bits per heavy atom. The molecule has 0 bridgehead atoms. The third-order valence-corrected chi connectivity index (χ3v) is 9.83. The van der Waals surface area contributed by atoms with Gasteiger partial charge in [-0.25, -0.2) is 23.2 Å². The summed E-state index contributed by atoms with van der Waals surface area (Å²) in [6, 6.07) is 23.1. The Kier molecular flexibility index (Phi) is 19.9. The van der Waals surface area contributed by atoms with Crippen molar-refractivity contribution in [2.75, 3.05) is 49.3 Å². The largest absolute Gasteiger partial charge is 1.00 e. The van der Waals surface area contributed by atoms with Gasteiger partial charge < -0.3 is 48.3 Å². The first-order valence-corrected chi connectivity index (χ1v) is 20.2. The van der Waals surface area contributed by atoms with Crippen LogP contribution in [0.1, 0.15) is 44.7 Å². The highest BCUT2D eigenvalue weighted by Gasteiger charge is 2.37. The molecule has 20 heteroatoms. The van der Waals surface area contributed by atoms with E-state index in [1.807, 2.05) is 29.6 Å². The van der Waals surface area contributed by atoms with Crippen LogP contribution < -0.4 is 39.0 Å². The summed E-state index contributed by atoms with van der Waals surface area (Å²) in [5.41, 5.74) is 14.0. The molecular weight excluding hydrogens is 899 g/mol. The Balaban J connectivity index is 0.000000342. The number of rotatable bonds is 16. The van der Waals surface area contributed by atoms with Gasteiger partial charge in [0.25, 0.3) is 11.8 Å². The minimum Gasteiger partial charge on any atom is -1.00 e. The first kappa shape index (κ1) is 53.2. The van der Waals surface area contributed by atoms with Crippen LogP contribution in [0.2, 0.25) is 0 Å². The lowest BCUT2D eigenvalue weighted by Gasteiger charge is -2.27. The van der Waals surface area contributed by atoms with Crippen LogP contribution in [0.15, 0.2) is 84.9 Å². The Bertz CT molecular complexity index is 2270. The fourth-order valence-corrected chi connectivity index (χ4v) is 6.59. The Labute approximate surface area is 386 Å². The lowest BCUT2D eigenvalue weighted by Crippen LogP contribution is -3.00. The molecule has 6 N–H and O–H groups in total. The van der Waals surface area contributed by atoms with E-state index in [0.717, 1.165) is 29.1 Å². The number of nitrogens with two attached hydrogens (primary N) is 3. The summed E-state index contributed by atoms with van der Waals surface area (Å²) in [5, 5.41) is 2.03. The maximum absolute atomic E-state index is 14.9. The van der Waals surface area contributed by atoms with E-state index in [9.17, 15) is 41.5 Å². The summed E-state index contributed by atoms with van der Waals surface area (Å²) in [6.45, 7) is 6.17. The molecule has 65 heavy (non-hydrogen) atoms. The van der Waals surface area contributed by atoms with Crippen LogP contribution in [-0.2, 0) is 36.9 Å². The third-order valence-electron chi connectivity index (χ3n) is 9.83. The summed E-state index contributed by atoms with van der Waals surface area (Å²) < 4.78 is 69.5. The van der Waals surface area contributed by atoms with Crippen LogP contribution in [0.25, 0.3) is 22.3 Å². The molecule has 0 aliphatic carbocycles. The Morgan fingerprint density at radius 2 is 1.18 bits per heavy atom. The summed E-state index contributed by atoms with van der Waals surface area (Å²) in [4.78, 5) is 62.6. The molecule has 2 aliphatic rings. The second-order valence-corrected chi connectivity index (χ2v) is 15.8. The number of primary amides is 2. The molecule has 2 heterocycles. The molecule has 0 aromatic heterocycles. The molecule has 352 valence electrons. The van der Waals surface area contributed by atoms with E-state index < -0.39 is 66.2 Å². The normalized spacial score (nSPS) is 15.4. The number of ether oxygens (including phenoxy) is 3. The summed E-state index contributed by atoms with van der Waals surface area (Å²) >= 11 is 0. The zero-order chi connectivity index (χ0) is 45.8. The van der Waals surface area contributed by atoms with Gasteiger partial charge in [0.05, 0.1) is 44.4 Å². The van der Waals surface area contributed by atoms with E-state index in [0.29, 0.717) is 34.4 Å². The maximum atomic E-state index is 14.9. The van der Waals surface area contributed by atoms with E-state index in [1.165, 1.54) is 28.0 Å². The van der Waals surface area contributed by atoms with Crippen molar-refractivity contribution >= 4 is 53.9 Å². The molecule has 2 fully saturated rings. The molecule has 0 spiro atoms. The molecule has 0 saturated carbocycles. The zero-order valence-corrected chi connectivity index (χ0v) is 37.5. The zero-order valence-electron chi connectivity index (χ0n) is 35.9. The molecule has 0 unspecified atom stereocenters. The summed E-state index contributed by atoms with van der Waals surface area (Å²) in [6.07, 6.45) is -3.43. The van der Waals surface area contributed by atoms with Gasteiger partial charge >= 0.3 is 18.3 Å². The SMILES string of the molecule is CC(C)(C)OC(=O)N(CCCF)Cc1ccc(-c2ccc(N3C[C@H](C(N)=O)OC3=O)cc2F)cc1.Cl.NC(=O)[C@H]1CN(c2ccc(-c3ccc(C[NH2+]CCCF)cc3)c(F)c2)C(=O)O1.[Cl-]. The number of quaternary nitrogens is 1. The van der Waals surface area contributed by atoms with Crippen molar-refractivity contribution in [3.63, 3.8) is 0 Å². The highest BCUT2D eigenvalue weighted by atomic mass is 35.5. The van der Waals surface area contributed by atoms with Crippen molar-refractivity contribution in [3.8, 4) is 22.3 Å². The van der Waals surface area contributed by atoms with E-state index in [4.69, 9.17) is 25.7 Å². The number of hydrogen-bond acceptors (Lipinski definition) is 8. The molecule has 2 aliphatic heterocycles. The monoisotopic (exact) mass is 950 g/mol. The number of hydrogen-bond donors (Lipinski definition) is 3. The standard InChI is InChI=1S/C25H29F2N3O5.C20H21F2N3O3.2ClH/c1-25(2,3)35-23(32)29(12-4-11-26)14-16-5-7-17(8-6-16)19-10-9-18(13-20(19)27)30-15-21(22(28)31)34-24(30)33;21-8-1-9-24-11-13-2-4-14(5-3-13)16-7-6-15(10-17(16)22)25-12-18(19(23)26)28-20(25)27;;/h5-10,13,21H,4,11-12,14-15H2,1-3H3,(H2,28,31);2-7,10,18,24H,1,8-9,11-12H2,(H2,23,26);2*1H/t21-;18-;;/m11../s1. The van der Waals surface area contributed by atoms with E-state index >= 15 is 0 Å². The molecule has 4 aromatic rings. The van der Waals surface area contributed by atoms with Gasteiger partial charge in [-0.2, -0.15) is 0 Å². The molecule has 0 radical (unpaired) electrons. The average molecular weight is 952 g/mol. The topological polar surface area (TPSA) is 191 Å². The minimum atomic E-state index is -1.08. The number of nitrogens with zero attached hydrogens (tertiary/aromatic N) is 3. The van der Waals surface area contributed by atoms with Crippen molar-refractivity contribution in [2.45, 2.75) is 64.5 Å². The quantitative estimate of drug-likeness (QED) is 0.0864. The number of halogens is 6. The van der Waals surface area contributed by atoms with Crippen molar-refractivity contribution in [2.24, 2.45) is 11.5 Å². The lowest BCUT2D eigenvalue weighted by atomic mass is 10.0. The highest BCUT2D eigenvalue weighted by molar-refractivity contribution is 5.96. The van der Waals surface area contributed by atoms with Gasteiger partial charge in [0.15, 0.2) is 12.2 Å². The molecule has 2 atom stereocenters. The number of cyclic esters (lactones) is 2. The van der Waals surface area contributed by atoms with Gasteiger partial charge in [-0.15, -0.1) is 12.4 Å². The van der Waals surface area contributed by atoms with Crippen LogP contribution in [0.3, 0.4) is 0 Å². The Morgan fingerprint density at radius 1 is 0.738 bits per heavy atom. The predicted molar refractivity (Wildman–Crippen MR) is 233 cm³/mol. The van der Waals surface area contributed by atoms with Crippen LogP contribution in [0.5, 0.6) is 0 Å². The number of carbonyl (C=O) groups is 5. The second-order valence-electron chi connectivity index (χ2n) is 15.8. The average Bonchev–Trinajstić information content (AvgIpc) is 3.84. The van der Waals surface area contributed by atoms with Gasteiger partial charge in [-0.05, 0) is 80.3 Å². The van der Waals surface area contributed by atoms with Gasteiger partial charge in [0.1, 0.15) is 23.8 Å². The molecule has 4 aromatic carbocycles. The summed E-state index contributed by atoms with van der Waals surface area (Å²) in [7, 11) is 0. The lowest BCUT2D eigenvalue weighted by molar-refractivity contribution is -0.670. The van der Waals surface area contributed by atoms with Crippen molar-refractivity contribution < 1.29 is 73.5 Å². The van der Waals surface area contributed by atoms with Crippen LogP contribution in [0, 0.1) is 11.6 Å². The van der Waals surface area contributed by atoms with Crippen molar-refractivity contribution in [1.82, 2.24) is 4.90 Å². The number of alkyl halides is 2. The van der Waals surface area contributed by atoms with Gasteiger partial charge in [-0.1, -0.05) is 48.5 Å². The second kappa shape index (κ2) is 24.3. The van der Waals surface area contributed by atoms with Gasteiger partial charge in [0.2, 0.25) is 0 Å². The highest BCUT2D eigenvalue weighted by Crippen LogP contribution is 2.31. The minimum absolute atomic E-state index is 0. The van der Waals surface area contributed by atoms with Crippen molar-refractivity contribution in [3.05, 3.63) is 108 Å². The molecule has 14 nitrogen and oxygen atoms in total. The van der Waals surface area contributed by atoms with Crippen molar-refractivity contribution in [1.29, 1.82) is 0 Å². The fourth-order valence-electron chi connectivity index (χ4n) is 6.59. The summed E-state index contributed by atoms with van der Waals surface area (Å²) in [5.74, 6) is -2.57. The molecule has 2 saturated heterocycles. The molecule has 6 rings (SSSR count). The Hall–Kier alpha value is -6.11. The van der Waals surface area contributed by atoms with E-state index in [2.05, 4.69) is 0 Å². The molecule has 5 amide bonds. The van der Waals surface area contributed by atoms with Gasteiger partial charge in [-0.3, -0.25) is 28.2 Å². The number of carbonyl (C=O) groups excluding carboxylic acids is 5. The smallest absolute Gasteiger partial charge is 0.415 e. The van der Waals surface area contributed by atoms with E-state index in [1.54, 1.807) is 63.2 Å². The number of amides is 5. The van der Waals surface area contributed by atoms with Crippen LogP contribution >= 0.6 is 12.4 Å². The number of anilines is 2. The fraction of sp³-hybridized carbons (Fsp3) is 0.356. The van der Waals surface area contributed by atoms with E-state index in [-0.39, 0.29) is 69.8 Å².